The molecule has 0 fully saturated rings. The third-order valence-corrected chi connectivity index (χ3v) is 4.58. The molecule has 1 aromatic carbocycles. The predicted molar refractivity (Wildman–Crippen MR) is 90.5 cm³/mol. The number of rotatable bonds is 9. The zero-order chi connectivity index (χ0) is 15.9. The summed E-state index contributed by atoms with van der Waals surface area (Å²) in [6.45, 7) is 9.64. The van der Waals surface area contributed by atoms with E-state index >= 15 is 0 Å². The first-order valence-corrected chi connectivity index (χ1v) is 8.48. The Labute approximate surface area is 134 Å². The fourth-order valence-electron chi connectivity index (χ4n) is 2.73. The molecule has 1 nitrogen and oxygen atoms in total. The maximum Gasteiger partial charge on any atom is 0.144 e. The van der Waals surface area contributed by atoms with Gasteiger partial charge in [-0.1, -0.05) is 64.3 Å². The number of nitrogens with one attached hydrogen (secondary N) is 1. The molecule has 1 N–H and O–H groups in total. The molecule has 1 unspecified atom stereocenters. The summed E-state index contributed by atoms with van der Waals surface area (Å²) in [6, 6.07) is 5.78. The summed E-state index contributed by atoms with van der Waals surface area (Å²) in [6.07, 6.45) is 5.25. The molecular weight excluding hydrogens is 285 g/mol. The summed E-state index contributed by atoms with van der Waals surface area (Å²) in [7, 11) is 0. The van der Waals surface area contributed by atoms with Gasteiger partial charge in [-0.15, -0.1) is 0 Å². The number of halogens is 2. The van der Waals surface area contributed by atoms with Crippen LogP contribution in [0.15, 0.2) is 18.2 Å². The first-order chi connectivity index (χ1) is 9.94. The van der Waals surface area contributed by atoms with E-state index in [2.05, 4.69) is 33.0 Å². The molecule has 3 heteroatoms. The lowest BCUT2D eigenvalue weighted by atomic mass is 9.75. The van der Waals surface area contributed by atoms with Gasteiger partial charge in [0.25, 0.3) is 0 Å². The molecule has 21 heavy (non-hydrogen) atoms. The number of hydrogen-bond donors (Lipinski definition) is 1. The average Bonchev–Trinajstić information content (AvgIpc) is 2.46. The monoisotopic (exact) mass is 313 g/mol. The number of unbranched alkanes of at least 4 members (excludes halogenated alkanes) is 1. The maximum atomic E-state index is 14.2. The zero-order valence-corrected chi connectivity index (χ0v) is 14.6. The van der Waals surface area contributed by atoms with Crippen LogP contribution in [0.3, 0.4) is 0 Å². The second kappa shape index (κ2) is 8.75. The summed E-state index contributed by atoms with van der Waals surface area (Å²) in [5, 5.41) is 3.77. The second-order valence-electron chi connectivity index (χ2n) is 6.38. The van der Waals surface area contributed by atoms with Gasteiger partial charge in [-0.25, -0.2) is 4.39 Å². The molecule has 0 radical (unpaired) electrons. The van der Waals surface area contributed by atoms with Crippen molar-refractivity contribution in [1.29, 1.82) is 0 Å². The molecule has 120 valence electrons. The minimum atomic E-state index is -0.252. The molecule has 0 saturated carbocycles. The lowest BCUT2D eigenvalue weighted by molar-refractivity contribution is 0.220. The van der Waals surface area contributed by atoms with Crippen molar-refractivity contribution in [3.63, 3.8) is 0 Å². The van der Waals surface area contributed by atoms with Gasteiger partial charge in [0, 0.05) is 12.6 Å². The van der Waals surface area contributed by atoms with E-state index in [1.54, 1.807) is 6.07 Å². The van der Waals surface area contributed by atoms with Crippen LogP contribution < -0.4 is 5.32 Å². The quantitative estimate of drug-likeness (QED) is 0.625. The van der Waals surface area contributed by atoms with Gasteiger partial charge in [-0.3, -0.25) is 0 Å². The van der Waals surface area contributed by atoms with Crippen molar-refractivity contribution in [1.82, 2.24) is 5.32 Å². The van der Waals surface area contributed by atoms with Crippen LogP contribution in [0, 0.1) is 11.2 Å². The van der Waals surface area contributed by atoms with E-state index in [0.29, 0.717) is 6.04 Å². The minimum Gasteiger partial charge on any atom is -0.314 e. The van der Waals surface area contributed by atoms with Crippen molar-refractivity contribution < 1.29 is 4.39 Å². The van der Waals surface area contributed by atoms with E-state index in [-0.39, 0.29) is 16.3 Å². The summed E-state index contributed by atoms with van der Waals surface area (Å²) in [4.78, 5) is 0. The van der Waals surface area contributed by atoms with Gasteiger partial charge in [0.15, 0.2) is 0 Å². The topological polar surface area (TPSA) is 12.0 Å². The van der Waals surface area contributed by atoms with Crippen LogP contribution in [-0.4, -0.2) is 12.6 Å². The van der Waals surface area contributed by atoms with E-state index < -0.39 is 0 Å². The van der Waals surface area contributed by atoms with Crippen LogP contribution in [0.5, 0.6) is 0 Å². The summed E-state index contributed by atoms with van der Waals surface area (Å²) >= 11 is 5.93. The van der Waals surface area contributed by atoms with Crippen LogP contribution in [0.1, 0.15) is 58.9 Å². The van der Waals surface area contributed by atoms with Gasteiger partial charge >= 0.3 is 0 Å². The SMILES string of the molecule is CCCCC(CC)(CNC(C)C)Cc1cccc(Cl)c1F. The Balaban J connectivity index is 2.95. The number of hydrogen-bond acceptors (Lipinski definition) is 1. The highest BCUT2D eigenvalue weighted by Gasteiger charge is 2.29. The number of benzene rings is 1. The van der Waals surface area contributed by atoms with E-state index in [4.69, 9.17) is 11.6 Å². The van der Waals surface area contributed by atoms with Crippen LogP contribution in [0.4, 0.5) is 4.39 Å². The molecule has 1 atom stereocenters. The van der Waals surface area contributed by atoms with Crippen LogP contribution >= 0.6 is 11.6 Å². The molecular formula is C18H29ClFN. The zero-order valence-electron chi connectivity index (χ0n) is 13.8. The highest BCUT2D eigenvalue weighted by Crippen LogP contribution is 2.34. The van der Waals surface area contributed by atoms with Crippen molar-refractivity contribution in [2.24, 2.45) is 5.41 Å². The highest BCUT2D eigenvalue weighted by molar-refractivity contribution is 6.30. The van der Waals surface area contributed by atoms with Gasteiger partial charge in [-0.2, -0.15) is 0 Å². The fraction of sp³-hybridized carbons (Fsp3) is 0.667. The molecule has 1 aromatic rings. The van der Waals surface area contributed by atoms with Crippen LogP contribution in [-0.2, 0) is 6.42 Å². The standard InChI is InChI=1S/C18H29ClFN/c1-5-7-11-18(6-2,13-21-14(3)4)12-15-9-8-10-16(19)17(15)20/h8-10,14,21H,5-7,11-13H2,1-4H3. The van der Waals surface area contributed by atoms with E-state index in [1.165, 1.54) is 12.8 Å². The Hall–Kier alpha value is -0.600. The normalized spacial score (nSPS) is 14.4. The molecule has 0 aliphatic heterocycles. The summed E-state index contributed by atoms with van der Waals surface area (Å²) in [5.74, 6) is -0.252. The summed E-state index contributed by atoms with van der Waals surface area (Å²) in [5.41, 5.74) is 0.845. The van der Waals surface area contributed by atoms with Gasteiger partial charge in [-0.05, 0) is 36.3 Å². The Bertz CT molecular complexity index is 433. The summed E-state index contributed by atoms with van der Waals surface area (Å²) < 4.78 is 14.2. The molecule has 0 aromatic heterocycles. The third kappa shape index (κ3) is 5.60. The van der Waals surface area contributed by atoms with Crippen LogP contribution in [0.2, 0.25) is 5.02 Å². The van der Waals surface area contributed by atoms with E-state index in [9.17, 15) is 4.39 Å². The molecule has 0 spiro atoms. The first-order valence-electron chi connectivity index (χ1n) is 8.10. The highest BCUT2D eigenvalue weighted by atomic mass is 35.5. The Morgan fingerprint density at radius 3 is 2.57 bits per heavy atom. The van der Waals surface area contributed by atoms with Gasteiger partial charge < -0.3 is 5.32 Å². The van der Waals surface area contributed by atoms with Crippen molar-refractivity contribution in [3.05, 3.63) is 34.6 Å². The van der Waals surface area contributed by atoms with E-state index in [0.717, 1.165) is 31.4 Å². The van der Waals surface area contributed by atoms with Crippen molar-refractivity contribution in [2.45, 2.75) is 65.8 Å². The Morgan fingerprint density at radius 1 is 1.29 bits per heavy atom. The molecule has 0 aliphatic rings. The first kappa shape index (κ1) is 18.4. The van der Waals surface area contributed by atoms with Crippen molar-refractivity contribution in [3.8, 4) is 0 Å². The Kier molecular flexibility index (Phi) is 7.69. The lowest BCUT2D eigenvalue weighted by Gasteiger charge is -2.34. The maximum absolute atomic E-state index is 14.2. The van der Waals surface area contributed by atoms with Crippen molar-refractivity contribution in [2.75, 3.05) is 6.54 Å². The van der Waals surface area contributed by atoms with E-state index in [1.807, 2.05) is 12.1 Å². The van der Waals surface area contributed by atoms with Gasteiger partial charge in [0.1, 0.15) is 5.82 Å². The molecule has 0 aliphatic carbocycles. The lowest BCUT2D eigenvalue weighted by Crippen LogP contribution is -2.39. The molecule has 0 bridgehead atoms. The third-order valence-electron chi connectivity index (χ3n) is 4.29. The molecule has 0 heterocycles. The van der Waals surface area contributed by atoms with Crippen molar-refractivity contribution >= 4 is 11.6 Å². The Morgan fingerprint density at radius 2 is 2.00 bits per heavy atom. The van der Waals surface area contributed by atoms with Gasteiger partial charge in [0.2, 0.25) is 0 Å². The van der Waals surface area contributed by atoms with Crippen LogP contribution in [0.25, 0.3) is 0 Å². The molecule has 0 amide bonds. The largest absolute Gasteiger partial charge is 0.314 e. The van der Waals surface area contributed by atoms with Gasteiger partial charge in [0.05, 0.1) is 5.02 Å². The smallest absolute Gasteiger partial charge is 0.144 e. The minimum absolute atomic E-state index is 0.103. The molecule has 0 saturated heterocycles. The molecule has 1 rings (SSSR count). The fourth-order valence-corrected chi connectivity index (χ4v) is 2.92. The average molecular weight is 314 g/mol. The predicted octanol–water partition coefficient (Wildman–Crippen LogP) is 5.61. The second-order valence-corrected chi connectivity index (χ2v) is 6.79.